The Morgan fingerprint density at radius 2 is 1.71 bits per heavy atom. The van der Waals surface area contributed by atoms with Crippen LogP contribution in [-0.4, -0.2) is 52.7 Å². The van der Waals surface area contributed by atoms with Gasteiger partial charge < -0.3 is 9.80 Å². The minimum Gasteiger partial charge on any atom is -0.366 e. The molecule has 1 aliphatic heterocycles. The molecule has 1 amide bonds. The molecule has 2 heterocycles. The van der Waals surface area contributed by atoms with Gasteiger partial charge in [-0.3, -0.25) is 4.79 Å². The van der Waals surface area contributed by atoms with Gasteiger partial charge in [-0.05, 0) is 32.0 Å². The molecule has 31 heavy (non-hydrogen) atoms. The number of thioether (sulfide) groups is 1. The van der Waals surface area contributed by atoms with Crippen LogP contribution in [0.2, 0.25) is 0 Å². The molecule has 0 radical (unpaired) electrons. The number of benzene rings is 2. The average Bonchev–Trinajstić information content (AvgIpc) is 2.78. The molecule has 2 aromatic carbocycles. The maximum Gasteiger partial charge on any atom is 0.233 e. The molecule has 1 saturated heterocycles. The molecular formula is C24H25FN4OS. The third-order valence-electron chi connectivity index (χ3n) is 5.31. The first-order valence-electron chi connectivity index (χ1n) is 10.3. The Morgan fingerprint density at radius 1 is 1.00 bits per heavy atom. The Kier molecular flexibility index (Phi) is 6.51. The summed E-state index contributed by atoms with van der Waals surface area (Å²) in [6.07, 6.45) is 0. The number of nitrogens with zero attached hydrogens (tertiary/aromatic N) is 4. The van der Waals surface area contributed by atoms with Crippen molar-refractivity contribution in [3.63, 3.8) is 0 Å². The fourth-order valence-electron chi connectivity index (χ4n) is 3.58. The minimum absolute atomic E-state index is 0.0753. The topological polar surface area (TPSA) is 49.3 Å². The summed E-state index contributed by atoms with van der Waals surface area (Å²) in [6.45, 7) is 6.41. The monoisotopic (exact) mass is 436 g/mol. The summed E-state index contributed by atoms with van der Waals surface area (Å²) >= 11 is 1.43. The quantitative estimate of drug-likeness (QED) is 0.440. The molecule has 3 aromatic rings. The highest BCUT2D eigenvalue weighted by molar-refractivity contribution is 7.99. The van der Waals surface area contributed by atoms with Crippen molar-refractivity contribution in [2.45, 2.75) is 18.9 Å². The Hall–Kier alpha value is -2.93. The van der Waals surface area contributed by atoms with E-state index >= 15 is 0 Å². The van der Waals surface area contributed by atoms with Crippen molar-refractivity contribution in [2.24, 2.45) is 0 Å². The summed E-state index contributed by atoms with van der Waals surface area (Å²) in [5.74, 6) is 0.852. The second kappa shape index (κ2) is 9.47. The van der Waals surface area contributed by atoms with E-state index in [4.69, 9.17) is 0 Å². The molecule has 160 valence electrons. The zero-order valence-corrected chi connectivity index (χ0v) is 18.5. The molecule has 1 aromatic heterocycles. The first-order chi connectivity index (χ1) is 15.0. The molecule has 0 saturated carbocycles. The van der Waals surface area contributed by atoms with Crippen molar-refractivity contribution >= 4 is 23.4 Å². The van der Waals surface area contributed by atoms with E-state index in [1.807, 2.05) is 60.0 Å². The van der Waals surface area contributed by atoms with Crippen LogP contribution >= 0.6 is 11.8 Å². The van der Waals surface area contributed by atoms with Gasteiger partial charge in [-0.25, -0.2) is 14.4 Å². The van der Waals surface area contributed by atoms with Crippen molar-refractivity contribution < 1.29 is 9.18 Å². The summed E-state index contributed by atoms with van der Waals surface area (Å²) in [5.41, 5.74) is 3.63. The van der Waals surface area contributed by atoms with E-state index in [0.29, 0.717) is 43.4 Å². The van der Waals surface area contributed by atoms with E-state index in [-0.39, 0.29) is 11.7 Å². The first kappa shape index (κ1) is 21.3. The fraction of sp³-hybridized carbons (Fsp3) is 0.292. The van der Waals surface area contributed by atoms with Gasteiger partial charge in [-0.2, -0.15) is 0 Å². The van der Waals surface area contributed by atoms with Crippen molar-refractivity contribution in [1.29, 1.82) is 0 Å². The van der Waals surface area contributed by atoms with E-state index in [9.17, 15) is 9.18 Å². The van der Waals surface area contributed by atoms with Gasteiger partial charge in [0.05, 0.1) is 11.4 Å². The number of amides is 1. The van der Waals surface area contributed by atoms with Gasteiger partial charge in [0.25, 0.3) is 0 Å². The molecule has 0 bridgehead atoms. The van der Waals surface area contributed by atoms with Crippen LogP contribution in [0.25, 0.3) is 11.4 Å². The molecule has 1 fully saturated rings. The van der Waals surface area contributed by atoms with Crippen molar-refractivity contribution in [2.75, 3.05) is 36.8 Å². The van der Waals surface area contributed by atoms with E-state index < -0.39 is 0 Å². The zero-order chi connectivity index (χ0) is 21.8. The molecule has 4 rings (SSSR count). The average molecular weight is 437 g/mol. The number of carbonyl (C=O) groups excluding carboxylic acids is 1. The molecule has 0 unspecified atom stereocenters. The Morgan fingerprint density at radius 3 is 2.42 bits per heavy atom. The Bertz CT molecular complexity index is 1070. The molecular weight excluding hydrogens is 411 g/mol. The standard InChI is InChI=1S/C24H25FN4OS/c1-17-7-9-19(10-8-17)24-26-18(2)15-22(27-24)31-16-23(30)29-13-11-28(12-14-29)21-6-4-3-5-20(21)25/h3-10,15H,11-14,16H2,1-2H3. The maximum absolute atomic E-state index is 14.0. The maximum atomic E-state index is 14.0. The molecule has 7 heteroatoms. The number of hydrogen-bond donors (Lipinski definition) is 0. The Balaban J connectivity index is 1.35. The highest BCUT2D eigenvalue weighted by Crippen LogP contribution is 2.23. The van der Waals surface area contributed by atoms with Gasteiger partial charge in [-0.15, -0.1) is 0 Å². The van der Waals surface area contributed by atoms with Gasteiger partial charge in [0.1, 0.15) is 10.8 Å². The minimum atomic E-state index is -0.221. The summed E-state index contributed by atoms with van der Waals surface area (Å²) < 4.78 is 14.0. The lowest BCUT2D eigenvalue weighted by Gasteiger charge is -2.36. The van der Waals surface area contributed by atoms with Gasteiger partial charge in [0.2, 0.25) is 5.91 Å². The third kappa shape index (κ3) is 5.22. The van der Waals surface area contributed by atoms with Crippen LogP contribution in [0.1, 0.15) is 11.3 Å². The molecule has 5 nitrogen and oxygen atoms in total. The van der Waals surface area contributed by atoms with Crippen LogP contribution < -0.4 is 4.90 Å². The second-order valence-corrected chi connectivity index (χ2v) is 8.64. The van der Waals surface area contributed by atoms with Crippen LogP contribution in [-0.2, 0) is 4.79 Å². The van der Waals surface area contributed by atoms with Crippen molar-refractivity contribution in [1.82, 2.24) is 14.9 Å². The summed E-state index contributed by atoms with van der Waals surface area (Å²) in [6, 6.07) is 16.8. The van der Waals surface area contributed by atoms with Crippen LogP contribution in [0.5, 0.6) is 0 Å². The number of halogens is 1. The molecule has 0 aliphatic carbocycles. The van der Waals surface area contributed by atoms with Crippen LogP contribution in [0.15, 0.2) is 59.6 Å². The number of hydrogen-bond acceptors (Lipinski definition) is 5. The van der Waals surface area contributed by atoms with Gasteiger partial charge >= 0.3 is 0 Å². The number of carbonyl (C=O) groups is 1. The predicted molar refractivity (Wildman–Crippen MR) is 123 cm³/mol. The lowest BCUT2D eigenvalue weighted by Crippen LogP contribution is -2.49. The molecule has 0 N–H and O–H groups in total. The lowest BCUT2D eigenvalue weighted by atomic mass is 10.1. The van der Waals surface area contributed by atoms with Crippen molar-refractivity contribution in [3.8, 4) is 11.4 Å². The van der Waals surface area contributed by atoms with Crippen LogP contribution in [0.4, 0.5) is 10.1 Å². The second-order valence-electron chi connectivity index (χ2n) is 7.65. The predicted octanol–water partition coefficient (Wildman–Crippen LogP) is 4.34. The van der Waals surface area contributed by atoms with Gasteiger partial charge in [-0.1, -0.05) is 53.7 Å². The first-order valence-corrected chi connectivity index (χ1v) is 11.3. The van der Waals surface area contributed by atoms with Gasteiger partial charge in [0.15, 0.2) is 5.82 Å². The Labute approximate surface area is 186 Å². The number of aryl methyl sites for hydroxylation is 2. The van der Waals surface area contributed by atoms with Gasteiger partial charge in [0, 0.05) is 37.4 Å². The lowest BCUT2D eigenvalue weighted by molar-refractivity contribution is -0.128. The highest BCUT2D eigenvalue weighted by atomic mass is 32.2. The zero-order valence-electron chi connectivity index (χ0n) is 17.7. The highest BCUT2D eigenvalue weighted by Gasteiger charge is 2.23. The number of aromatic nitrogens is 2. The third-order valence-corrected chi connectivity index (χ3v) is 6.21. The normalized spacial score (nSPS) is 14.0. The van der Waals surface area contributed by atoms with Crippen LogP contribution in [0.3, 0.4) is 0 Å². The summed E-state index contributed by atoms with van der Waals surface area (Å²) in [4.78, 5) is 25.8. The SMILES string of the molecule is Cc1ccc(-c2nc(C)cc(SCC(=O)N3CCN(c4ccccc4F)CC3)n2)cc1. The molecule has 1 aliphatic rings. The summed E-state index contributed by atoms with van der Waals surface area (Å²) in [7, 11) is 0. The number of rotatable bonds is 5. The number of para-hydroxylation sites is 1. The van der Waals surface area contributed by atoms with E-state index in [1.54, 1.807) is 12.1 Å². The molecule has 0 spiro atoms. The number of piperazine rings is 1. The molecule has 0 atom stereocenters. The van der Waals surface area contributed by atoms with E-state index in [0.717, 1.165) is 16.3 Å². The number of anilines is 1. The smallest absolute Gasteiger partial charge is 0.233 e. The fourth-order valence-corrected chi connectivity index (χ4v) is 4.44. The summed E-state index contributed by atoms with van der Waals surface area (Å²) in [5, 5.41) is 0.793. The largest absolute Gasteiger partial charge is 0.366 e. The van der Waals surface area contributed by atoms with E-state index in [1.165, 1.54) is 23.4 Å². The van der Waals surface area contributed by atoms with E-state index in [2.05, 4.69) is 9.97 Å². The van der Waals surface area contributed by atoms with Crippen molar-refractivity contribution in [3.05, 3.63) is 71.7 Å². The van der Waals surface area contributed by atoms with Crippen LogP contribution in [0, 0.1) is 19.7 Å².